The molecule has 0 aliphatic heterocycles. The Bertz CT molecular complexity index is 641. The molecule has 0 saturated heterocycles. The van der Waals surface area contributed by atoms with Crippen molar-refractivity contribution in [3.63, 3.8) is 0 Å². The predicted molar refractivity (Wildman–Crippen MR) is 68.0 cm³/mol. The van der Waals surface area contributed by atoms with Crippen molar-refractivity contribution in [3.8, 4) is 0 Å². The summed E-state index contributed by atoms with van der Waals surface area (Å²) in [4.78, 5) is 10.5. The zero-order valence-corrected chi connectivity index (χ0v) is 10.7. The van der Waals surface area contributed by atoms with Crippen molar-refractivity contribution in [2.24, 2.45) is 10.2 Å². The molecular weight excluding hydrogens is 248 g/mol. The highest BCUT2D eigenvalue weighted by atomic mass is 16.6. The molecule has 0 N–H and O–H groups in total. The van der Waals surface area contributed by atoms with Crippen LogP contribution in [0.2, 0.25) is 0 Å². The van der Waals surface area contributed by atoms with Crippen molar-refractivity contribution in [1.82, 2.24) is 5.16 Å². The van der Waals surface area contributed by atoms with E-state index in [1.54, 1.807) is 32.9 Å². The molecule has 7 heteroatoms. The number of hydrogen-bond donors (Lipinski definition) is 0. The lowest BCUT2D eigenvalue weighted by Crippen LogP contribution is -1.88. The molecule has 2 aromatic rings. The molecule has 0 aliphatic rings. The van der Waals surface area contributed by atoms with Crippen molar-refractivity contribution in [2.75, 3.05) is 0 Å². The maximum absolute atomic E-state index is 10.9. The molecular formula is C12H12N4O3. The number of benzene rings is 1. The quantitative estimate of drug-likeness (QED) is 0.474. The van der Waals surface area contributed by atoms with E-state index in [9.17, 15) is 10.1 Å². The molecule has 0 aliphatic carbocycles. The zero-order chi connectivity index (χ0) is 14.0. The largest absolute Gasteiger partial charge is 0.359 e. The van der Waals surface area contributed by atoms with E-state index < -0.39 is 4.92 Å². The number of aromatic nitrogens is 1. The number of hydrogen-bond acceptors (Lipinski definition) is 6. The van der Waals surface area contributed by atoms with Crippen LogP contribution in [0.1, 0.15) is 17.0 Å². The lowest BCUT2D eigenvalue weighted by molar-refractivity contribution is -0.384. The summed E-state index contributed by atoms with van der Waals surface area (Å²) in [6.07, 6.45) is 0. The molecule has 0 saturated carbocycles. The van der Waals surface area contributed by atoms with Crippen LogP contribution in [0.25, 0.3) is 0 Å². The second-order valence-corrected chi connectivity index (χ2v) is 4.12. The molecule has 0 spiro atoms. The van der Waals surface area contributed by atoms with E-state index in [1.165, 1.54) is 6.07 Å². The van der Waals surface area contributed by atoms with Crippen molar-refractivity contribution in [2.45, 2.75) is 20.8 Å². The summed E-state index contributed by atoms with van der Waals surface area (Å²) >= 11 is 0. The van der Waals surface area contributed by atoms with Crippen LogP contribution >= 0.6 is 0 Å². The van der Waals surface area contributed by atoms with Crippen LogP contribution < -0.4 is 0 Å². The Kier molecular flexibility index (Phi) is 3.37. The van der Waals surface area contributed by atoms with Crippen LogP contribution in [0.15, 0.2) is 33.0 Å². The lowest BCUT2D eigenvalue weighted by Gasteiger charge is -1.97. The third-order valence-electron chi connectivity index (χ3n) is 2.58. The van der Waals surface area contributed by atoms with E-state index in [2.05, 4.69) is 15.4 Å². The summed E-state index contributed by atoms with van der Waals surface area (Å²) in [5.41, 5.74) is 2.01. The topological polar surface area (TPSA) is 93.9 Å². The number of nitro benzene ring substituents is 1. The van der Waals surface area contributed by atoms with Gasteiger partial charge in [0.1, 0.15) is 5.69 Å². The smallest absolute Gasteiger partial charge is 0.296 e. The molecule has 1 aromatic carbocycles. The first-order valence-corrected chi connectivity index (χ1v) is 5.58. The van der Waals surface area contributed by atoms with Gasteiger partial charge in [0.05, 0.1) is 4.92 Å². The third-order valence-corrected chi connectivity index (χ3v) is 2.58. The molecule has 0 radical (unpaired) electrons. The van der Waals surface area contributed by atoms with Gasteiger partial charge in [-0.05, 0) is 32.4 Å². The van der Waals surface area contributed by atoms with Gasteiger partial charge in [0.2, 0.25) is 0 Å². The van der Waals surface area contributed by atoms with Crippen molar-refractivity contribution in [1.29, 1.82) is 0 Å². The molecule has 0 atom stereocenters. The van der Waals surface area contributed by atoms with Crippen LogP contribution in [0, 0.1) is 30.9 Å². The summed E-state index contributed by atoms with van der Waals surface area (Å²) < 4.78 is 4.94. The molecule has 0 unspecified atom stereocenters. The Morgan fingerprint density at radius 3 is 2.58 bits per heavy atom. The first-order chi connectivity index (χ1) is 8.99. The van der Waals surface area contributed by atoms with Crippen molar-refractivity contribution in [3.05, 3.63) is 45.3 Å². The van der Waals surface area contributed by atoms with E-state index in [0.29, 0.717) is 17.1 Å². The monoisotopic (exact) mass is 260 g/mol. The molecule has 0 bridgehead atoms. The van der Waals surface area contributed by atoms with Crippen molar-refractivity contribution >= 4 is 17.1 Å². The number of rotatable bonds is 3. The van der Waals surface area contributed by atoms with Crippen LogP contribution in [0.5, 0.6) is 0 Å². The zero-order valence-electron chi connectivity index (χ0n) is 10.7. The van der Waals surface area contributed by atoms with Gasteiger partial charge in [-0.25, -0.2) is 0 Å². The Hall–Kier alpha value is -2.57. The van der Waals surface area contributed by atoms with E-state index in [1.807, 2.05) is 0 Å². The minimum Gasteiger partial charge on any atom is -0.359 e. The summed E-state index contributed by atoms with van der Waals surface area (Å²) in [6.45, 7) is 5.22. The number of azo groups is 1. The summed E-state index contributed by atoms with van der Waals surface area (Å²) in [5, 5.41) is 22.6. The summed E-state index contributed by atoms with van der Waals surface area (Å²) in [7, 11) is 0. The average molecular weight is 260 g/mol. The summed E-state index contributed by atoms with van der Waals surface area (Å²) in [6, 6.07) is 4.77. The minimum atomic E-state index is -0.477. The summed E-state index contributed by atoms with van der Waals surface area (Å²) in [5.74, 6) is 0.524. The van der Waals surface area contributed by atoms with Crippen LogP contribution in [-0.4, -0.2) is 10.1 Å². The minimum absolute atomic E-state index is 0.0736. The first kappa shape index (κ1) is 12.9. The Labute approximate surface area is 109 Å². The van der Waals surface area contributed by atoms with Gasteiger partial charge in [-0.15, -0.1) is 10.2 Å². The predicted octanol–water partition coefficient (Wildman–Crippen LogP) is 3.92. The second-order valence-electron chi connectivity index (χ2n) is 4.12. The Balaban J connectivity index is 2.41. The molecule has 7 nitrogen and oxygen atoms in total. The number of aryl methyl sites for hydroxylation is 3. The average Bonchev–Trinajstić information content (AvgIpc) is 2.68. The highest BCUT2D eigenvalue weighted by molar-refractivity contribution is 5.58. The molecule has 98 valence electrons. The molecule has 0 fully saturated rings. The van der Waals surface area contributed by atoms with Gasteiger partial charge in [0.15, 0.2) is 17.1 Å². The number of nitro groups is 1. The van der Waals surface area contributed by atoms with Gasteiger partial charge >= 0.3 is 0 Å². The van der Waals surface area contributed by atoms with Gasteiger partial charge in [-0.3, -0.25) is 10.1 Å². The van der Waals surface area contributed by atoms with E-state index in [0.717, 1.165) is 5.56 Å². The molecule has 1 aromatic heterocycles. The second kappa shape index (κ2) is 4.97. The van der Waals surface area contributed by atoms with Gasteiger partial charge in [-0.1, -0.05) is 11.2 Å². The Morgan fingerprint density at radius 1 is 1.26 bits per heavy atom. The fourth-order valence-corrected chi connectivity index (χ4v) is 1.59. The van der Waals surface area contributed by atoms with Gasteiger partial charge in [0.25, 0.3) is 5.69 Å². The Morgan fingerprint density at radius 2 is 2.00 bits per heavy atom. The maximum Gasteiger partial charge on any atom is 0.296 e. The lowest BCUT2D eigenvalue weighted by atomic mass is 10.2. The van der Waals surface area contributed by atoms with Crippen molar-refractivity contribution < 1.29 is 9.45 Å². The molecule has 19 heavy (non-hydrogen) atoms. The maximum atomic E-state index is 10.9. The van der Waals surface area contributed by atoms with E-state index in [-0.39, 0.29) is 11.4 Å². The highest BCUT2D eigenvalue weighted by Crippen LogP contribution is 2.31. The number of nitrogens with zero attached hydrogens (tertiary/aromatic N) is 4. The van der Waals surface area contributed by atoms with Gasteiger partial charge in [0, 0.05) is 6.07 Å². The van der Waals surface area contributed by atoms with Crippen LogP contribution in [0.4, 0.5) is 17.1 Å². The third kappa shape index (κ3) is 2.65. The standard InChI is InChI=1S/C12H12N4O3/c1-7-4-5-10(11(6-7)16(17)18)13-14-12-8(2)15-19-9(12)3/h4-6H,1-3H3. The molecule has 0 amide bonds. The highest BCUT2D eigenvalue weighted by Gasteiger charge is 2.14. The normalized spacial score (nSPS) is 11.1. The SMILES string of the molecule is Cc1ccc(N=Nc2c(C)noc2C)c([N+](=O)[O-])c1. The fraction of sp³-hybridized carbons (Fsp3) is 0.250. The molecule has 2 rings (SSSR count). The van der Waals surface area contributed by atoms with Crippen LogP contribution in [-0.2, 0) is 0 Å². The van der Waals surface area contributed by atoms with Crippen LogP contribution in [0.3, 0.4) is 0 Å². The fourth-order valence-electron chi connectivity index (χ4n) is 1.59. The van der Waals surface area contributed by atoms with E-state index in [4.69, 9.17) is 4.52 Å². The van der Waals surface area contributed by atoms with Gasteiger partial charge in [-0.2, -0.15) is 0 Å². The van der Waals surface area contributed by atoms with Gasteiger partial charge < -0.3 is 4.52 Å². The van der Waals surface area contributed by atoms with E-state index >= 15 is 0 Å². The molecule has 1 heterocycles. The first-order valence-electron chi connectivity index (χ1n) is 5.58.